The van der Waals surface area contributed by atoms with Crippen LogP contribution in [0.1, 0.15) is 19.3 Å². The molecular weight excluding hydrogens is 318 g/mol. The molecule has 1 N–H and O–H groups in total. The molecule has 1 aliphatic rings. The minimum Gasteiger partial charge on any atom is -0.360 e. The first kappa shape index (κ1) is 14.6. The molecule has 1 amide bonds. The fourth-order valence-corrected chi connectivity index (χ4v) is 2.54. The first-order chi connectivity index (χ1) is 9.70. The molecule has 0 unspecified atom stereocenters. The average Bonchev–Trinajstić information content (AvgIpc) is 2.48. The van der Waals surface area contributed by atoms with Gasteiger partial charge in [-0.15, -0.1) is 0 Å². The number of anilines is 1. The largest absolute Gasteiger partial charge is 0.360 e. The molecule has 104 valence electrons. The maximum Gasteiger partial charge on any atom is 0.266 e. The Hall–Kier alpha value is -1.80. The summed E-state index contributed by atoms with van der Waals surface area (Å²) >= 11 is 3.38. The topological polar surface area (TPSA) is 56.1 Å². The number of nitrogens with zero attached hydrogens (tertiary/aromatic N) is 2. The van der Waals surface area contributed by atoms with Gasteiger partial charge in [-0.25, -0.2) is 0 Å². The van der Waals surface area contributed by atoms with Crippen LogP contribution in [-0.4, -0.2) is 23.9 Å². The van der Waals surface area contributed by atoms with Gasteiger partial charge >= 0.3 is 0 Å². The van der Waals surface area contributed by atoms with Crippen molar-refractivity contribution in [2.45, 2.75) is 19.3 Å². The van der Waals surface area contributed by atoms with Crippen molar-refractivity contribution in [3.8, 4) is 6.07 Å². The number of nitrogens with one attached hydrogen (secondary N) is 1. The third-order valence-electron chi connectivity index (χ3n) is 3.20. The molecule has 0 atom stereocenters. The maximum atomic E-state index is 12.2. The smallest absolute Gasteiger partial charge is 0.266 e. The van der Waals surface area contributed by atoms with Crippen molar-refractivity contribution in [2.24, 2.45) is 0 Å². The van der Waals surface area contributed by atoms with Gasteiger partial charge < -0.3 is 10.2 Å². The van der Waals surface area contributed by atoms with Gasteiger partial charge in [0, 0.05) is 29.4 Å². The third-order valence-corrected chi connectivity index (χ3v) is 3.70. The highest BCUT2D eigenvalue weighted by Crippen LogP contribution is 2.16. The summed E-state index contributed by atoms with van der Waals surface area (Å²) in [4.78, 5) is 14.0. The molecule has 4 nitrogen and oxygen atoms in total. The Morgan fingerprint density at radius 3 is 2.75 bits per heavy atom. The van der Waals surface area contributed by atoms with Gasteiger partial charge in [-0.2, -0.15) is 5.26 Å². The van der Waals surface area contributed by atoms with Crippen LogP contribution in [-0.2, 0) is 4.79 Å². The summed E-state index contributed by atoms with van der Waals surface area (Å²) in [5, 5.41) is 12.1. The van der Waals surface area contributed by atoms with Crippen LogP contribution in [0.3, 0.4) is 0 Å². The highest BCUT2D eigenvalue weighted by atomic mass is 79.9. The third kappa shape index (κ3) is 3.84. The van der Waals surface area contributed by atoms with Crippen LogP contribution in [0.2, 0.25) is 0 Å². The molecule has 0 spiro atoms. The van der Waals surface area contributed by atoms with E-state index in [2.05, 4.69) is 21.2 Å². The van der Waals surface area contributed by atoms with Crippen molar-refractivity contribution >= 4 is 27.5 Å². The number of piperidine rings is 1. The van der Waals surface area contributed by atoms with E-state index in [0.29, 0.717) is 0 Å². The monoisotopic (exact) mass is 333 g/mol. The summed E-state index contributed by atoms with van der Waals surface area (Å²) in [7, 11) is 0. The highest BCUT2D eigenvalue weighted by molar-refractivity contribution is 9.10. The molecule has 1 saturated heterocycles. The van der Waals surface area contributed by atoms with Crippen molar-refractivity contribution < 1.29 is 4.79 Å². The fraction of sp³-hybridized carbons (Fsp3) is 0.333. The zero-order valence-corrected chi connectivity index (χ0v) is 12.7. The summed E-state index contributed by atoms with van der Waals surface area (Å²) < 4.78 is 0.941. The summed E-state index contributed by atoms with van der Waals surface area (Å²) in [6.07, 6.45) is 4.68. The molecule has 20 heavy (non-hydrogen) atoms. The molecule has 2 rings (SSSR count). The summed E-state index contributed by atoms with van der Waals surface area (Å²) in [6.45, 7) is 1.49. The highest BCUT2D eigenvalue weighted by Gasteiger charge is 2.19. The van der Waals surface area contributed by atoms with Gasteiger partial charge in [-0.3, -0.25) is 4.79 Å². The number of rotatable bonds is 3. The molecule has 0 radical (unpaired) electrons. The Balaban J connectivity index is 2.05. The molecule has 0 saturated carbocycles. The lowest BCUT2D eigenvalue weighted by Crippen LogP contribution is -2.36. The fourth-order valence-electron chi connectivity index (χ4n) is 2.14. The van der Waals surface area contributed by atoms with Crippen molar-refractivity contribution in [1.82, 2.24) is 4.90 Å². The molecule has 1 aliphatic heterocycles. The van der Waals surface area contributed by atoms with Gasteiger partial charge in [-0.05, 0) is 37.5 Å². The van der Waals surface area contributed by atoms with Gasteiger partial charge in [0.2, 0.25) is 0 Å². The van der Waals surface area contributed by atoms with Crippen LogP contribution in [0, 0.1) is 11.3 Å². The first-order valence-corrected chi connectivity index (χ1v) is 7.41. The second-order valence-electron chi connectivity index (χ2n) is 4.68. The molecule has 5 heteroatoms. The number of carbonyl (C=O) groups is 1. The summed E-state index contributed by atoms with van der Waals surface area (Å²) in [5.41, 5.74) is 0.977. The molecule has 1 aromatic rings. The second-order valence-corrected chi connectivity index (χ2v) is 5.59. The van der Waals surface area contributed by atoms with Crippen molar-refractivity contribution in [2.75, 3.05) is 18.4 Å². The zero-order valence-electron chi connectivity index (χ0n) is 11.1. The zero-order chi connectivity index (χ0) is 14.4. The maximum absolute atomic E-state index is 12.2. The Kier molecular flexibility index (Phi) is 5.19. The summed E-state index contributed by atoms with van der Waals surface area (Å²) in [6, 6.07) is 9.55. The lowest BCUT2D eigenvalue weighted by Gasteiger charge is -2.26. The molecular formula is C15H16BrN3O. The number of carbonyl (C=O) groups excluding carboxylic acids is 1. The average molecular weight is 334 g/mol. The van der Waals surface area contributed by atoms with Gasteiger partial charge in [0.1, 0.15) is 11.6 Å². The molecule has 1 heterocycles. The van der Waals surface area contributed by atoms with E-state index in [1.807, 2.05) is 30.3 Å². The number of hydrogen-bond donors (Lipinski definition) is 1. The van der Waals surface area contributed by atoms with Crippen molar-refractivity contribution in [3.63, 3.8) is 0 Å². The van der Waals surface area contributed by atoms with Crippen molar-refractivity contribution in [3.05, 3.63) is 40.5 Å². The van der Waals surface area contributed by atoms with Gasteiger partial charge in [0.15, 0.2) is 0 Å². The lowest BCUT2D eigenvalue weighted by atomic mass is 10.1. The van der Waals surface area contributed by atoms with E-state index in [9.17, 15) is 4.79 Å². The van der Waals surface area contributed by atoms with Crippen LogP contribution < -0.4 is 5.32 Å². The number of likely N-dealkylation sites (tertiary alicyclic amines) is 1. The lowest BCUT2D eigenvalue weighted by molar-refractivity contribution is -0.127. The predicted octanol–water partition coefficient (Wildman–Crippen LogP) is 3.28. The minimum atomic E-state index is -0.185. The van der Waals surface area contributed by atoms with E-state index in [0.717, 1.165) is 42.5 Å². The van der Waals surface area contributed by atoms with E-state index in [4.69, 9.17) is 5.26 Å². The number of nitriles is 1. The molecule has 0 bridgehead atoms. The second kappa shape index (κ2) is 7.11. The first-order valence-electron chi connectivity index (χ1n) is 6.62. The van der Waals surface area contributed by atoms with E-state index >= 15 is 0 Å². The Morgan fingerprint density at radius 2 is 2.10 bits per heavy atom. The predicted molar refractivity (Wildman–Crippen MR) is 81.9 cm³/mol. The van der Waals surface area contributed by atoms with E-state index < -0.39 is 0 Å². The number of hydrogen-bond acceptors (Lipinski definition) is 3. The Labute approximate surface area is 127 Å². The molecule has 1 fully saturated rings. The van der Waals surface area contributed by atoms with E-state index in [-0.39, 0.29) is 11.5 Å². The van der Waals surface area contributed by atoms with Crippen LogP contribution in [0.25, 0.3) is 0 Å². The van der Waals surface area contributed by atoms with Gasteiger partial charge in [0.25, 0.3) is 5.91 Å². The van der Waals surface area contributed by atoms with Crippen LogP contribution in [0.15, 0.2) is 40.5 Å². The minimum absolute atomic E-state index is 0.145. The quantitative estimate of drug-likeness (QED) is 0.682. The Bertz CT molecular complexity index is 556. The van der Waals surface area contributed by atoms with Crippen LogP contribution in [0.5, 0.6) is 0 Å². The Morgan fingerprint density at radius 1 is 1.35 bits per heavy atom. The number of halogens is 1. The molecule has 0 aliphatic carbocycles. The number of amides is 1. The molecule has 0 aromatic heterocycles. The van der Waals surface area contributed by atoms with Crippen LogP contribution in [0.4, 0.5) is 5.69 Å². The standard InChI is InChI=1S/C15H16BrN3O/c16-13-5-4-6-14(9-13)18-11-12(10-17)15(20)19-7-2-1-3-8-19/h4-6,9,11,18H,1-3,7-8H2/b12-11-. The van der Waals surface area contributed by atoms with E-state index in [1.54, 1.807) is 4.90 Å². The summed E-state index contributed by atoms with van der Waals surface area (Å²) in [5.74, 6) is -0.185. The van der Waals surface area contributed by atoms with Gasteiger partial charge in [-0.1, -0.05) is 22.0 Å². The molecule has 1 aromatic carbocycles. The van der Waals surface area contributed by atoms with Crippen molar-refractivity contribution in [1.29, 1.82) is 5.26 Å². The SMILES string of the molecule is N#C/C(=C/Nc1cccc(Br)c1)C(=O)N1CCCCC1. The normalized spacial score (nSPS) is 15.6. The number of benzene rings is 1. The van der Waals surface area contributed by atoms with Gasteiger partial charge in [0.05, 0.1) is 0 Å². The van der Waals surface area contributed by atoms with E-state index in [1.165, 1.54) is 6.20 Å². The van der Waals surface area contributed by atoms with Crippen LogP contribution >= 0.6 is 15.9 Å².